The minimum Gasteiger partial charge on any atom is -0.445 e. The summed E-state index contributed by atoms with van der Waals surface area (Å²) in [7, 11) is 0. The molecule has 24 heavy (non-hydrogen) atoms. The third-order valence-electron chi connectivity index (χ3n) is 3.99. The number of rotatable bonds is 3. The van der Waals surface area contributed by atoms with Crippen LogP contribution in [0.25, 0.3) is 0 Å². The first kappa shape index (κ1) is 15.7. The minimum atomic E-state index is -1.30. The van der Waals surface area contributed by atoms with Gasteiger partial charge in [-0.1, -0.05) is 18.2 Å². The molecule has 2 aromatic carbocycles. The van der Waals surface area contributed by atoms with Gasteiger partial charge in [0.1, 0.15) is 0 Å². The number of amides is 2. The van der Waals surface area contributed by atoms with Gasteiger partial charge in [-0.25, -0.2) is 4.79 Å². The lowest BCUT2D eigenvalue weighted by molar-refractivity contribution is -0.134. The largest absolute Gasteiger partial charge is 0.445 e. The number of cyclic esters (lactones) is 1. The first-order chi connectivity index (χ1) is 11.4. The van der Waals surface area contributed by atoms with E-state index in [9.17, 15) is 14.4 Å². The summed E-state index contributed by atoms with van der Waals surface area (Å²) >= 11 is 0. The lowest BCUT2D eigenvalue weighted by Crippen LogP contribution is -2.48. The zero-order valence-electron chi connectivity index (χ0n) is 13.0. The van der Waals surface area contributed by atoms with Crippen molar-refractivity contribution in [2.75, 3.05) is 5.32 Å². The van der Waals surface area contributed by atoms with Gasteiger partial charge in [-0.3, -0.25) is 9.59 Å². The van der Waals surface area contributed by atoms with E-state index in [1.807, 2.05) is 12.1 Å². The van der Waals surface area contributed by atoms with Gasteiger partial charge in [0, 0.05) is 17.7 Å². The Morgan fingerprint density at radius 1 is 1.12 bits per heavy atom. The molecule has 0 radical (unpaired) electrons. The highest BCUT2D eigenvalue weighted by molar-refractivity contribution is 6.02. The molecule has 0 saturated heterocycles. The Morgan fingerprint density at radius 2 is 1.79 bits per heavy atom. The number of ether oxygens (including phenoxy) is 1. The first-order valence-electron chi connectivity index (χ1n) is 7.42. The van der Waals surface area contributed by atoms with Gasteiger partial charge in [0.25, 0.3) is 5.91 Å². The molecule has 0 aromatic heterocycles. The third kappa shape index (κ3) is 2.86. The topological polar surface area (TPSA) is 98.5 Å². The van der Waals surface area contributed by atoms with Gasteiger partial charge in [-0.15, -0.1) is 0 Å². The SMILES string of the molecule is C[C@]1(C(=O)Nc2ccc(C(N)=O)cc2)Cc2ccccc2C(=O)O1. The van der Waals surface area contributed by atoms with Gasteiger partial charge >= 0.3 is 5.97 Å². The maximum atomic E-state index is 12.6. The average Bonchev–Trinajstić information content (AvgIpc) is 2.55. The number of carbonyl (C=O) groups is 3. The Kier molecular flexibility index (Phi) is 3.81. The van der Waals surface area contributed by atoms with Gasteiger partial charge < -0.3 is 15.8 Å². The van der Waals surface area contributed by atoms with Crippen molar-refractivity contribution in [3.8, 4) is 0 Å². The average molecular weight is 324 g/mol. The van der Waals surface area contributed by atoms with E-state index in [1.165, 1.54) is 12.1 Å². The summed E-state index contributed by atoms with van der Waals surface area (Å²) in [6.07, 6.45) is 0.292. The lowest BCUT2D eigenvalue weighted by Gasteiger charge is -2.33. The van der Waals surface area contributed by atoms with Gasteiger partial charge in [0.2, 0.25) is 5.91 Å². The van der Waals surface area contributed by atoms with Crippen molar-refractivity contribution < 1.29 is 19.1 Å². The number of fused-ring (bicyclic) bond motifs is 1. The first-order valence-corrected chi connectivity index (χ1v) is 7.42. The van der Waals surface area contributed by atoms with Gasteiger partial charge in [0.05, 0.1) is 5.56 Å². The number of carbonyl (C=O) groups excluding carboxylic acids is 3. The van der Waals surface area contributed by atoms with Crippen LogP contribution in [0.3, 0.4) is 0 Å². The molecule has 0 bridgehead atoms. The number of hydrogen-bond acceptors (Lipinski definition) is 4. The van der Waals surface area contributed by atoms with Crippen LogP contribution < -0.4 is 11.1 Å². The fourth-order valence-electron chi connectivity index (χ4n) is 2.64. The maximum absolute atomic E-state index is 12.6. The minimum absolute atomic E-state index is 0.292. The Bertz CT molecular complexity index is 829. The van der Waals surface area contributed by atoms with Crippen LogP contribution in [0.15, 0.2) is 48.5 Å². The van der Waals surface area contributed by atoms with Crippen molar-refractivity contribution in [1.82, 2.24) is 0 Å². The number of hydrogen-bond donors (Lipinski definition) is 2. The summed E-state index contributed by atoms with van der Waals surface area (Å²) in [6.45, 7) is 1.58. The number of nitrogens with one attached hydrogen (secondary N) is 1. The fraction of sp³-hybridized carbons (Fsp3) is 0.167. The third-order valence-corrected chi connectivity index (χ3v) is 3.99. The normalized spacial score (nSPS) is 19.1. The number of esters is 1. The van der Waals surface area contributed by atoms with Gasteiger partial charge in [-0.2, -0.15) is 0 Å². The van der Waals surface area contributed by atoms with E-state index in [1.54, 1.807) is 31.2 Å². The van der Waals surface area contributed by atoms with Crippen LogP contribution in [-0.2, 0) is 16.0 Å². The van der Waals surface area contributed by atoms with Crippen molar-refractivity contribution in [1.29, 1.82) is 0 Å². The van der Waals surface area contributed by atoms with E-state index < -0.39 is 23.4 Å². The monoisotopic (exact) mass is 324 g/mol. The van der Waals surface area contributed by atoms with Crippen LogP contribution in [0.2, 0.25) is 0 Å². The number of primary amides is 1. The quantitative estimate of drug-likeness (QED) is 0.842. The van der Waals surface area contributed by atoms with Crippen LogP contribution in [0.5, 0.6) is 0 Å². The fourth-order valence-corrected chi connectivity index (χ4v) is 2.64. The number of anilines is 1. The highest BCUT2D eigenvalue weighted by atomic mass is 16.6. The molecular formula is C18H16N2O4. The smallest absolute Gasteiger partial charge is 0.339 e. The predicted molar refractivity (Wildman–Crippen MR) is 87.6 cm³/mol. The summed E-state index contributed by atoms with van der Waals surface area (Å²) in [4.78, 5) is 35.8. The van der Waals surface area contributed by atoms with Crippen molar-refractivity contribution in [2.24, 2.45) is 5.73 Å². The van der Waals surface area contributed by atoms with Gasteiger partial charge in [-0.05, 0) is 42.8 Å². The van der Waals surface area contributed by atoms with Crippen LogP contribution in [0, 0.1) is 0 Å². The van der Waals surface area contributed by atoms with Crippen molar-refractivity contribution in [2.45, 2.75) is 18.9 Å². The molecule has 1 heterocycles. The highest BCUT2D eigenvalue weighted by Crippen LogP contribution is 2.29. The van der Waals surface area contributed by atoms with Gasteiger partial charge in [0.15, 0.2) is 5.60 Å². The Morgan fingerprint density at radius 3 is 2.46 bits per heavy atom. The molecule has 1 aliphatic rings. The number of nitrogens with two attached hydrogens (primary N) is 1. The zero-order chi connectivity index (χ0) is 17.3. The summed E-state index contributed by atoms with van der Waals surface area (Å²) in [6, 6.07) is 13.2. The van der Waals surface area contributed by atoms with E-state index >= 15 is 0 Å². The van der Waals surface area contributed by atoms with Crippen LogP contribution in [0.1, 0.15) is 33.2 Å². The molecule has 2 aromatic rings. The van der Waals surface area contributed by atoms with Crippen molar-refractivity contribution >= 4 is 23.5 Å². The van der Waals surface area contributed by atoms with Crippen LogP contribution >= 0.6 is 0 Å². The molecule has 1 atom stereocenters. The second-order valence-corrected chi connectivity index (χ2v) is 5.85. The molecular weight excluding hydrogens is 308 g/mol. The second-order valence-electron chi connectivity index (χ2n) is 5.85. The van der Waals surface area contributed by atoms with Crippen LogP contribution in [0.4, 0.5) is 5.69 Å². The van der Waals surface area contributed by atoms with E-state index in [-0.39, 0.29) is 0 Å². The van der Waals surface area contributed by atoms with E-state index in [4.69, 9.17) is 10.5 Å². The lowest BCUT2D eigenvalue weighted by atomic mass is 9.89. The van der Waals surface area contributed by atoms with E-state index in [0.29, 0.717) is 23.2 Å². The molecule has 3 rings (SSSR count). The van der Waals surface area contributed by atoms with Crippen molar-refractivity contribution in [3.05, 3.63) is 65.2 Å². The standard InChI is InChI=1S/C18H16N2O4/c1-18(10-12-4-2-3-5-14(12)16(22)24-18)17(23)20-13-8-6-11(7-9-13)15(19)21/h2-9H,10H2,1H3,(H2,19,21)(H,20,23)/t18-/m1/s1. The summed E-state index contributed by atoms with van der Waals surface area (Å²) in [5.74, 6) is -1.49. The molecule has 122 valence electrons. The Balaban J connectivity index is 1.80. The molecule has 0 fully saturated rings. The summed E-state index contributed by atoms with van der Waals surface area (Å²) in [5.41, 5.74) is 5.97. The molecule has 6 nitrogen and oxygen atoms in total. The zero-order valence-corrected chi connectivity index (χ0v) is 13.0. The molecule has 0 spiro atoms. The molecule has 0 saturated carbocycles. The molecule has 1 aliphatic heterocycles. The predicted octanol–water partition coefficient (Wildman–Crippen LogP) is 1.90. The van der Waals surface area contributed by atoms with E-state index in [0.717, 1.165) is 5.56 Å². The highest BCUT2D eigenvalue weighted by Gasteiger charge is 2.42. The maximum Gasteiger partial charge on any atom is 0.339 e. The summed E-state index contributed by atoms with van der Waals surface area (Å²) < 4.78 is 5.37. The Labute approximate surface area is 138 Å². The second kappa shape index (κ2) is 5.81. The molecule has 2 amide bonds. The number of benzene rings is 2. The molecule has 0 aliphatic carbocycles. The summed E-state index contributed by atoms with van der Waals surface area (Å²) in [5, 5.41) is 2.70. The molecule has 0 unspecified atom stereocenters. The molecule has 3 N–H and O–H groups in total. The van der Waals surface area contributed by atoms with Crippen LogP contribution in [-0.4, -0.2) is 23.4 Å². The van der Waals surface area contributed by atoms with Crippen molar-refractivity contribution in [3.63, 3.8) is 0 Å². The molecule has 6 heteroatoms. The Hall–Kier alpha value is -3.15. The van der Waals surface area contributed by atoms with E-state index in [2.05, 4.69) is 5.32 Å².